The fourth-order valence-electron chi connectivity index (χ4n) is 3.37. The second-order valence-corrected chi connectivity index (χ2v) is 8.90. The highest BCUT2D eigenvalue weighted by molar-refractivity contribution is 5.82. The van der Waals surface area contributed by atoms with Crippen LogP contribution in [0.3, 0.4) is 0 Å². The van der Waals surface area contributed by atoms with E-state index in [-0.39, 0.29) is 31.2 Å². The van der Waals surface area contributed by atoms with Crippen molar-refractivity contribution in [1.29, 1.82) is 0 Å². The lowest BCUT2D eigenvalue weighted by atomic mass is 10.0. The number of rotatable bonds is 16. The lowest BCUT2D eigenvalue weighted by molar-refractivity contribution is -0.133. The first kappa shape index (κ1) is 27.7. The van der Waals surface area contributed by atoms with Crippen molar-refractivity contribution in [2.24, 2.45) is 5.92 Å². The molecular formula is C26H46N4O2. The van der Waals surface area contributed by atoms with Gasteiger partial charge in [-0.1, -0.05) is 64.1 Å². The van der Waals surface area contributed by atoms with Crippen LogP contribution in [-0.4, -0.2) is 48.9 Å². The molecule has 32 heavy (non-hydrogen) atoms. The summed E-state index contributed by atoms with van der Waals surface area (Å²) in [5.74, 6) is 0.324. The lowest BCUT2D eigenvalue weighted by Gasteiger charge is -2.30. The maximum atomic E-state index is 13.0. The molecule has 0 aliphatic heterocycles. The van der Waals surface area contributed by atoms with E-state index in [2.05, 4.69) is 50.2 Å². The van der Waals surface area contributed by atoms with Crippen molar-refractivity contribution in [3.8, 4) is 0 Å². The number of amides is 2. The minimum absolute atomic E-state index is 0. The van der Waals surface area contributed by atoms with Gasteiger partial charge in [0.1, 0.15) is 6.04 Å². The first-order valence-electron chi connectivity index (χ1n) is 12.0. The highest BCUT2D eigenvalue weighted by Crippen LogP contribution is 2.10. The predicted molar refractivity (Wildman–Crippen MR) is 135 cm³/mol. The van der Waals surface area contributed by atoms with Crippen molar-refractivity contribution in [3.05, 3.63) is 48.2 Å². The topological polar surface area (TPSA) is 73.5 Å². The normalized spacial score (nSPS) is 12.8. The molecule has 0 aliphatic rings. The SMILES string of the molecule is C=C(N[C@H](C(=O)N(C)CCCCCC(=O)NCc1ccccc1)C(C)C)[C@H](C)NCCC.[HH]. The van der Waals surface area contributed by atoms with Gasteiger partial charge >= 0.3 is 0 Å². The molecule has 6 heteroatoms. The first-order chi connectivity index (χ1) is 15.3. The Balaban J connectivity index is 0.0000102. The van der Waals surface area contributed by atoms with Crippen LogP contribution in [-0.2, 0) is 16.1 Å². The van der Waals surface area contributed by atoms with Crippen molar-refractivity contribution < 1.29 is 11.0 Å². The van der Waals surface area contributed by atoms with E-state index < -0.39 is 0 Å². The molecule has 0 aromatic heterocycles. The van der Waals surface area contributed by atoms with Crippen LogP contribution in [0.25, 0.3) is 0 Å². The molecule has 0 saturated carbocycles. The summed E-state index contributed by atoms with van der Waals surface area (Å²) in [6.07, 6.45) is 4.20. The van der Waals surface area contributed by atoms with Crippen LogP contribution >= 0.6 is 0 Å². The number of unbranched alkanes of at least 4 members (excludes halogenated alkanes) is 2. The number of nitrogens with zero attached hydrogens (tertiary/aromatic N) is 1. The maximum Gasteiger partial charge on any atom is 0.245 e. The largest absolute Gasteiger partial charge is 0.376 e. The van der Waals surface area contributed by atoms with Crippen LogP contribution in [0.5, 0.6) is 0 Å². The number of hydrogen-bond donors (Lipinski definition) is 3. The Morgan fingerprint density at radius 1 is 1.09 bits per heavy atom. The minimum atomic E-state index is -0.290. The summed E-state index contributed by atoms with van der Waals surface area (Å²) < 4.78 is 0. The molecule has 0 saturated heterocycles. The van der Waals surface area contributed by atoms with Gasteiger partial charge in [0.15, 0.2) is 0 Å². The zero-order valence-corrected chi connectivity index (χ0v) is 20.7. The Morgan fingerprint density at radius 2 is 1.78 bits per heavy atom. The quantitative estimate of drug-likeness (QED) is 0.335. The predicted octanol–water partition coefficient (Wildman–Crippen LogP) is 4.08. The Morgan fingerprint density at radius 3 is 2.41 bits per heavy atom. The van der Waals surface area contributed by atoms with Gasteiger partial charge in [0.2, 0.25) is 11.8 Å². The molecule has 0 heterocycles. The Hall–Kier alpha value is -2.34. The molecule has 0 spiro atoms. The summed E-state index contributed by atoms with van der Waals surface area (Å²) in [5.41, 5.74) is 1.95. The summed E-state index contributed by atoms with van der Waals surface area (Å²) in [4.78, 5) is 26.8. The fourth-order valence-corrected chi connectivity index (χ4v) is 3.37. The van der Waals surface area contributed by atoms with Crippen LogP contribution in [0, 0.1) is 5.92 Å². The van der Waals surface area contributed by atoms with Gasteiger partial charge in [-0.15, -0.1) is 0 Å². The molecule has 3 N–H and O–H groups in total. The van der Waals surface area contributed by atoms with E-state index in [1.807, 2.05) is 37.4 Å². The summed E-state index contributed by atoms with van der Waals surface area (Å²) in [6, 6.07) is 9.74. The number of benzene rings is 1. The van der Waals surface area contributed by atoms with E-state index in [9.17, 15) is 9.59 Å². The molecule has 0 bridgehead atoms. The van der Waals surface area contributed by atoms with Crippen LogP contribution in [0.2, 0.25) is 0 Å². The van der Waals surface area contributed by atoms with E-state index in [1.54, 1.807) is 4.90 Å². The summed E-state index contributed by atoms with van der Waals surface area (Å²) in [5, 5.41) is 9.71. The number of likely N-dealkylation sites (N-methyl/N-ethyl adjacent to an activating group) is 1. The fraction of sp³-hybridized carbons (Fsp3) is 0.615. The highest BCUT2D eigenvalue weighted by Gasteiger charge is 2.26. The van der Waals surface area contributed by atoms with E-state index in [0.29, 0.717) is 19.5 Å². The van der Waals surface area contributed by atoms with Gasteiger partial charge in [0.05, 0.1) is 0 Å². The highest BCUT2D eigenvalue weighted by atomic mass is 16.2. The number of nitrogens with one attached hydrogen (secondary N) is 3. The average Bonchev–Trinajstić information content (AvgIpc) is 2.78. The van der Waals surface area contributed by atoms with Crippen molar-refractivity contribution >= 4 is 11.8 Å². The third-order valence-electron chi connectivity index (χ3n) is 5.60. The Labute approximate surface area is 196 Å². The maximum absolute atomic E-state index is 13.0. The molecule has 1 rings (SSSR count). The molecule has 0 aliphatic carbocycles. The van der Waals surface area contributed by atoms with Crippen molar-refractivity contribution in [2.45, 2.75) is 78.4 Å². The third kappa shape index (κ3) is 10.8. The number of carbonyl (C=O) groups excluding carboxylic acids is 2. The van der Waals surface area contributed by atoms with E-state index >= 15 is 0 Å². The van der Waals surface area contributed by atoms with Crippen LogP contribution < -0.4 is 16.0 Å². The zero-order valence-electron chi connectivity index (χ0n) is 20.7. The molecule has 182 valence electrons. The van der Waals surface area contributed by atoms with Gasteiger partial charge in [-0.05, 0) is 44.2 Å². The number of hydrogen-bond acceptors (Lipinski definition) is 4. The minimum Gasteiger partial charge on any atom is -0.376 e. The number of carbonyl (C=O) groups is 2. The van der Waals surface area contributed by atoms with Gasteiger partial charge < -0.3 is 20.9 Å². The summed E-state index contributed by atoms with van der Waals surface area (Å²) in [6.45, 7) is 14.6. The van der Waals surface area contributed by atoms with Crippen LogP contribution in [0.15, 0.2) is 42.6 Å². The van der Waals surface area contributed by atoms with E-state index in [0.717, 1.165) is 43.5 Å². The lowest BCUT2D eigenvalue weighted by Crippen LogP contribution is -2.50. The standard InChI is InChI=1S/C26H44N4O2.H2/c1-7-17-27-21(4)22(5)29-25(20(2)3)26(32)30(6)18-13-9-12-16-24(31)28-19-23-14-10-8-11-15-23;/h8,10-11,14-15,20-21,25,27,29H,5,7,9,12-13,16-19H2,1-4,6H3,(H,28,31);1H/t21-,25-;/m0./s1. The van der Waals surface area contributed by atoms with Gasteiger partial charge in [-0.25, -0.2) is 0 Å². The molecule has 1 aromatic carbocycles. The molecule has 0 unspecified atom stereocenters. The van der Waals surface area contributed by atoms with Crippen molar-refractivity contribution in [2.75, 3.05) is 20.1 Å². The molecule has 0 radical (unpaired) electrons. The van der Waals surface area contributed by atoms with Gasteiger partial charge in [0.25, 0.3) is 0 Å². The van der Waals surface area contributed by atoms with E-state index in [1.165, 1.54) is 0 Å². The summed E-state index contributed by atoms with van der Waals surface area (Å²) >= 11 is 0. The molecule has 2 amide bonds. The van der Waals surface area contributed by atoms with Crippen LogP contribution in [0.4, 0.5) is 0 Å². The second-order valence-electron chi connectivity index (χ2n) is 8.90. The Kier molecular flexibility index (Phi) is 13.4. The van der Waals surface area contributed by atoms with Gasteiger partial charge in [-0.2, -0.15) is 0 Å². The van der Waals surface area contributed by atoms with Gasteiger partial charge in [-0.3, -0.25) is 9.59 Å². The third-order valence-corrected chi connectivity index (χ3v) is 5.60. The smallest absolute Gasteiger partial charge is 0.245 e. The van der Waals surface area contributed by atoms with Crippen LogP contribution in [0.1, 0.15) is 66.8 Å². The average molecular weight is 447 g/mol. The molecular weight excluding hydrogens is 400 g/mol. The molecule has 2 atom stereocenters. The van der Waals surface area contributed by atoms with Gasteiger partial charge in [0, 0.05) is 39.7 Å². The van der Waals surface area contributed by atoms with Crippen molar-refractivity contribution in [1.82, 2.24) is 20.9 Å². The first-order valence-corrected chi connectivity index (χ1v) is 12.0. The van der Waals surface area contributed by atoms with E-state index in [4.69, 9.17) is 0 Å². The second kappa shape index (κ2) is 15.5. The zero-order chi connectivity index (χ0) is 23.9. The van der Waals surface area contributed by atoms with Crippen molar-refractivity contribution in [3.63, 3.8) is 0 Å². The molecule has 1 aromatic rings. The Bertz CT molecular complexity index is 697. The summed E-state index contributed by atoms with van der Waals surface area (Å²) in [7, 11) is 1.85. The molecule has 0 fully saturated rings. The molecule has 6 nitrogen and oxygen atoms in total. The monoisotopic (exact) mass is 446 g/mol.